The average molecular weight is 458 g/mol. The summed E-state index contributed by atoms with van der Waals surface area (Å²) in [5.74, 6) is 1.36. The number of thioether (sulfide) groups is 1. The normalized spacial score (nSPS) is 11.0. The second kappa shape index (κ2) is 10.6. The molecular weight excluding hydrogens is 434 g/mol. The number of hydrogen-bond acceptors (Lipinski definition) is 6. The van der Waals surface area contributed by atoms with Crippen molar-refractivity contribution in [3.05, 3.63) is 90.0 Å². The number of hydrazone groups is 1. The zero-order valence-electron chi connectivity index (χ0n) is 18.3. The predicted octanol–water partition coefficient (Wildman–Crippen LogP) is 4.49. The lowest BCUT2D eigenvalue weighted by atomic mass is 10.1. The molecule has 0 spiro atoms. The smallest absolute Gasteiger partial charge is 0.250 e. The minimum atomic E-state index is -0.237. The lowest BCUT2D eigenvalue weighted by Gasteiger charge is -2.10. The highest BCUT2D eigenvalue weighted by molar-refractivity contribution is 7.99. The van der Waals surface area contributed by atoms with E-state index in [1.165, 1.54) is 17.3 Å². The van der Waals surface area contributed by atoms with E-state index in [4.69, 9.17) is 4.74 Å². The maximum absolute atomic E-state index is 12.4. The Kier molecular flexibility index (Phi) is 7.16. The Balaban J connectivity index is 1.48. The molecule has 4 aromatic rings. The quantitative estimate of drug-likeness (QED) is 0.239. The molecule has 0 aliphatic carbocycles. The van der Waals surface area contributed by atoms with Gasteiger partial charge >= 0.3 is 0 Å². The van der Waals surface area contributed by atoms with Gasteiger partial charge in [-0.2, -0.15) is 5.10 Å². The van der Waals surface area contributed by atoms with Crippen LogP contribution < -0.4 is 10.2 Å². The molecule has 4 rings (SSSR count). The molecule has 0 fully saturated rings. The summed E-state index contributed by atoms with van der Waals surface area (Å²) in [6.07, 6.45) is 1.58. The fourth-order valence-corrected chi connectivity index (χ4v) is 3.87. The number of benzene rings is 3. The number of aryl methyl sites for hydroxylation is 1. The largest absolute Gasteiger partial charge is 0.497 e. The Bertz CT molecular complexity index is 1250. The van der Waals surface area contributed by atoms with Crippen LogP contribution in [0, 0.1) is 6.92 Å². The highest BCUT2D eigenvalue weighted by Gasteiger charge is 2.17. The van der Waals surface area contributed by atoms with Crippen molar-refractivity contribution < 1.29 is 9.53 Å². The fourth-order valence-electron chi connectivity index (χ4n) is 3.13. The van der Waals surface area contributed by atoms with Crippen LogP contribution in [0.1, 0.15) is 11.1 Å². The maximum atomic E-state index is 12.4. The molecule has 1 amide bonds. The second-order valence-electron chi connectivity index (χ2n) is 7.20. The Morgan fingerprint density at radius 3 is 2.61 bits per heavy atom. The first kappa shape index (κ1) is 22.3. The molecule has 1 N–H and O–H groups in total. The molecule has 3 aromatic carbocycles. The summed E-state index contributed by atoms with van der Waals surface area (Å²) in [6.45, 7) is 2.04. The van der Waals surface area contributed by atoms with E-state index in [9.17, 15) is 4.79 Å². The summed E-state index contributed by atoms with van der Waals surface area (Å²) in [5.41, 5.74) is 6.44. The van der Waals surface area contributed by atoms with Gasteiger partial charge in [0.25, 0.3) is 5.91 Å². The van der Waals surface area contributed by atoms with Gasteiger partial charge in [-0.3, -0.25) is 9.36 Å². The number of ether oxygens (including phenoxy) is 1. The molecule has 166 valence electrons. The molecule has 0 aliphatic heterocycles. The topological polar surface area (TPSA) is 81.4 Å². The number of methoxy groups -OCH3 is 1. The predicted molar refractivity (Wildman–Crippen MR) is 131 cm³/mol. The lowest BCUT2D eigenvalue weighted by molar-refractivity contribution is -0.118. The molecule has 0 atom stereocenters. The summed E-state index contributed by atoms with van der Waals surface area (Å²) < 4.78 is 7.15. The van der Waals surface area contributed by atoms with E-state index in [0.717, 1.165) is 28.4 Å². The summed E-state index contributed by atoms with van der Waals surface area (Å²) >= 11 is 1.30. The molecule has 0 unspecified atom stereocenters. The van der Waals surface area contributed by atoms with Gasteiger partial charge in [-0.05, 0) is 36.8 Å². The van der Waals surface area contributed by atoms with Gasteiger partial charge < -0.3 is 4.74 Å². The summed E-state index contributed by atoms with van der Waals surface area (Å²) in [5, 5.41) is 13.4. The van der Waals surface area contributed by atoms with Crippen LogP contribution in [0.15, 0.2) is 89.1 Å². The van der Waals surface area contributed by atoms with E-state index in [1.807, 2.05) is 90.4 Å². The van der Waals surface area contributed by atoms with Crippen molar-refractivity contribution in [3.63, 3.8) is 0 Å². The molecule has 33 heavy (non-hydrogen) atoms. The Labute approximate surface area is 196 Å². The Morgan fingerprint density at radius 2 is 1.85 bits per heavy atom. The van der Waals surface area contributed by atoms with Crippen LogP contribution in [0.3, 0.4) is 0 Å². The van der Waals surface area contributed by atoms with E-state index >= 15 is 0 Å². The van der Waals surface area contributed by atoms with Crippen LogP contribution in [0.5, 0.6) is 5.75 Å². The molecule has 0 saturated carbocycles. The van der Waals surface area contributed by atoms with E-state index in [2.05, 4.69) is 20.7 Å². The minimum Gasteiger partial charge on any atom is -0.497 e. The molecular formula is C25H23N5O2S. The number of nitrogens with one attached hydrogen (secondary N) is 1. The third-order valence-corrected chi connectivity index (χ3v) is 5.72. The van der Waals surface area contributed by atoms with Gasteiger partial charge in [0, 0.05) is 11.3 Å². The standard InChI is InChI=1S/C25H23N5O2S/c1-18-11-13-20(14-12-18)24-28-29-25(30(24)21-8-4-3-5-9-21)33-17-23(31)27-26-16-19-7-6-10-22(15-19)32-2/h3-16H,17H2,1-2H3,(H,27,31)/b26-16-. The first-order valence-corrected chi connectivity index (χ1v) is 11.3. The van der Waals surface area contributed by atoms with Crippen molar-refractivity contribution in [2.75, 3.05) is 12.9 Å². The van der Waals surface area contributed by atoms with Gasteiger partial charge in [0.15, 0.2) is 11.0 Å². The van der Waals surface area contributed by atoms with E-state index < -0.39 is 0 Å². The Morgan fingerprint density at radius 1 is 1.06 bits per heavy atom. The third-order valence-electron chi connectivity index (χ3n) is 4.79. The Hall–Kier alpha value is -3.91. The summed E-state index contributed by atoms with van der Waals surface area (Å²) in [6, 6.07) is 25.4. The first-order chi connectivity index (χ1) is 16.1. The van der Waals surface area contributed by atoms with Gasteiger partial charge in [0.1, 0.15) is 5.75 Å². The first-order valence-electron chi connectivity index (χ1n) is 10.3. The van der Waals surface area contributed by atoms with Crippen molar-refractivity contribution in [2.24, 2.45) is 5.10 Å². The van der Waals surface area contributed by atoms with Crippen molar-refractivity contribution in [3.8, 4) is 22.8 Å². The summed E-state index contributed by atoms with van der Waals surface area (Å²) in [4.78, 5) is 12.4. The minimum absolute atomic E-state index is 0.147. The molecule has 7 nitrogen and oxygen atoms in total. The van der Waals surface area contributed by atoms with Crippen molar-refractivity contribution in [2.45, 2.75) is 12.1 Å². The van der Waals surface area contributed by atoms with Gasteiger partial charge in [-0.1, -0.05) is 71.9 Å². The maximum Gasteiger partial charge on any atom is 0.250 e. The van der Waals surface area contributed by atoms with Gasteiger partial charge in [-0.15, -0.1) is 10.2 Å². The number of carbonyl (C=O) groups excluding carboxylic acids is 1. The highest BCUT2D eigenvalue weighted by atomic mass is 32.2. The lowest BCUT2D eigenvalue weighted by Crippen LogP contribution is -2.20. The monoisotopic (exact) mass is 457 g/mol. The van der Waals surface area contributed by atoms with Crippen LogP contribution in [0.2, 0.25) is 0 Å². The highest BCUT2D eigenvalue weighted by Crippen LogP contribution is 2.28. The fraction of sp³-hybridized carbons (Fsp3) is 0.120. The number of rotatable bonds is 8. The van der Waals surface area contributed by atoms with Crippen molar-refractivity contribution in [1.29, 1.82) is 0 Å². The van der Waals surface area contributed by atoms with Crippen LogP contribution in [0.4, 0.5) is 0 Å². The molecule has 1 heterocycles. The van der Waals surface area contributed by atoms with Crippen LogP contribution in [0.25, 0.3) is 17.1 Å². The average Bonchev–Trinajstić information content (AvgIpc) is 3.28. The van der Waals surface area contributed by atoms with Crippen molar-refractivity contribution in [1.82, 2.24) is 20.2 Å². The SMILES string of the molecule is COc1cccc(/C=N\NC(=O)CSc2nnc(-c3ccc(C)cc3)n2-c2ccccc2)c1. The number of hydrogen-bond donors (Lipinski definition) is 1. The molecule has 0 saturated heterocycles. The van der Waals surface area contributed by atoms with Crippen LogP contribution in [-0.2, 0) is 4.79 Å². The van der Waals surface area contributed by atoms with Crippen LogP contribution >= 0.6 is 11.8 Å². The number of para-hydroxylation sites is 1. The molecule has 1 aromatic heterocycles. The second-order valence-corrected chi connectivity index (χ2v) is 8.14. The molecule has 8 heteroatoms. The third kappa shape index (κ3) is 5.67. The van der Waals surface area contributed by atoms with Gasteiger partial charge in [0.2, 0.25) is 0 Å². The zero-order valence-corrected chi connectivity index (χ0v) is 19.1. The van der Waals surface area contributed by atoms with Gasteiger partial charge in [0.05, 0.1) is 19.1 Å². The van der Waals surface area contributed by atoms with E-state index in [0.29, 0.717) is 5.16 Å². The zero-order chi connectivity index (χ0) is 23.0. The number of aromatic nitrogens is 3. The van der Waals surface area contributed by atoms with E-state index in [-0.39, 0.29) is 11.7 Å². The van der Waals surface area contributed by atoms with Crippen LogP contribution in [-0.4, -0.2) is 39.7 Å². The number of amides is 1. The molecule has 0 aliphatic rings. The van der Waals surface area contributed by atoms with E-state index in [1.54, 1.807) is 13.3 Å². The number of carbonyl (C=O) groups is 1. The van der Waals surface area contributed by atoms with Crippen molar-refractivity contribution >= 4 is 23.9 Å². The van der Waals surface area contributed by atoms with Gasteiger partial charge in [-0.25, -0.2) is 5.43 Å². The summed E-state index contributed by atoms with van der Waals surface area (Å²) in [7, 11) is 1.60. The molecule has 0 bridgehead atoms. The molecule has 0 radical (unpaired) electrons. The number of nitrogens with zero attached hydrogens (tertiary/aromatic N) is 4.